The van der Waals surface area contributed by atoms with Crippen molar-refractivity contribution in [2.45, 2.75) is 33.2 Å². The lowest BCUT2D eigenvalue weighted by Crippen LogP contribution is -2.41. The number of nitrogens with zero attached hydrogens (tertiary/aromatic N) is 2. The van der Waals surface area contributed by atoms with Crippen LogP contribution in [0.25, 0.3) is 0 Å². The summed E-state index contributed by atoms with van der Waals surface area (Å²) in [6.07, 6.45) is 1.53. The van der Waals surface area contributed by atoms with E-state index in [0.29, 0.717) is 11.6 Å². The highest BCUT2D eigenvalue weighted by molar-refractivity contribution is 5.93. The second kappa shape index (κ2) is 7.08. The van der Waals surface area contributed by atoms with Crippen LogP contribution in [0.4, 0.5) is 17.3 Å². The van der Waals surface area contributed by atoms with Gasteiger partial charge in [0.2, 0.25) is 11.9 Å². The maximum absolute atomic E-state index is 12.1. The first-order chi connectivity index (χ1) is 11.2. The van der Waals surface area contributed by atoms with E-state index in [9.17, 15) is 9.59 Å². The maximum Gasteiger partial charge on any atom is 0.270 e. The third-order valence-corrected chi connectivity index (χ3v) is 2.84. The summed E-state index contributed by atoms with van der Waals surface area (Å²) in [5.74, 6) is -0.0607. The minimum Gasteiger partial charge on any atom is -0.346 e. The molecule has 2 amide bonds. The summed E-state index contributed by atoms with van der Waals surface area (Å²) in [4.78, 5) is 31.5. The van der Waals surface area contributed by atoms with Gasteiger partial charge in [-0.25, -0.2) is 9.97 Å². The molecular formula is C17H21N5O2. The van der Waals surface area contributed by atoms with E-state index in [1.807, 2.05) is 20.8 Å². The Labute approximate surface area is 140 Å². The van der Waals surface area contributed by atoms with Gasteiger partial charge in [0.05, 0.1) is 0 Å². The molecule has 0 atom stereocenters. The summed E-state index contributed by atoms with van der Waals surface area (Å²) >= 11 is 0. The van der Waals surface area contributed by atoms with Crippen molar-refractivity contribution in [1.82, 2.24) is 15.3 Å². The van der Waals surface area contributed by atoms with Crippen molar-refractivity contribution >= 4 is 29.1 Å². The molecule has 0 saturated carbocycles. The molecule has 0 fully saturated rings. The van der Waals surface area contributed by atoms with Gasteiger partial charge in [-0.05, 0) is 51.1 Å². The van der Waals surface area contributed by atoms with Gasteiger partial charge in [-0.15, -0.1) is 0 Å². The first kappa shape index (κ1) is 17.4. The Morgan fingerprint density at radius 1 is 1.00 bits per heavy atom. The molecule has 0 aliphatic carbocycles. The minimum atomic E-state index is -0.338. The molecular weight excluding hydrogens is 306 g/mol. The van der Waals surface area contributed by atoms with E-state index < -0.39 is 0 Å². The second-order valence-corrected chi connectivity index (χ2v) is 6.35. The molecule has 0 radical (unpaired) electrons. The van der Waals surface area contributed by atoms with Crippen LogP contribution in [0, 0.1) is 0 Å². The number of rotatable bonds is 4. The lowest BCUT2D eigenvalue weighted by Gasteiger charge is -2.20. The van der Waals surface area contributed by atoms with Gasteiger partial charge in [0.25, 0.3) is 5.91 Å². The monoisotopic (exact) mass is 327 g/mol. The van der Waals surface area contributed by atoms with E-state index in [0.717, 1.165) is 5.69 Å². The fourth-order valence-electron chi connectivity index (χ4n) is 1.92. The van der Waals surface area contributed by atoms with Crippen molar-refractivity contribution in [3.05, 3.63) is 42.2 Å². The van der Waals surface area contributed by atoms with Crippen LogP contribution in [0.2, 0.25) is 0 Å². The Hall–Kier alpha value is -2.96. The molecule has 1 aromatic heterocycles. The summed E-state index contributed by atoms with van der Waals surface area (Å²) < 4.78 is 0. The number of carbonyl (C=O) groups excluding carboxylic acids is 2. The maximum atomic E-state index is 12.1. The first-order valence-corrected chi connectivity index (χ1v) is 7.53. The molecule has 1 aromatic carbocycles. The van der Waals surface area contributed by atoms with Crippen LogP contribution in [0.15, 0.2) is 36.5 Å². The quantitative estimate of drug-likeness (QED) is 0.802. The van der Waals surface area contributed by atoms with Crippen LogP contribution in [-0.4, -0.2) is 27.3 Å². The summed E-state index contributed by atoms with van der Waals surface area (Å²) in [5.41, 5.74) is 1.40. The van der Waals surface area contributed by atoms with Gasteiger partial charge in [-0.2, -0.15) is 0 Å². The smallest absolute Gasteiger partial charge is 0.270 e. The van der Waals surface area contributed by atoms with Crippen LogP contribution < -0.4 is 16.0 Å². The van der Waals surface area contributed by atoms with Gasteiger partial charge < -0.3 is 16.0 Å². The highest BCUT2D eigenvalue weighted by Gasteiger charge is 2.16. The Bertz CT molecular complexity index is 735. The molecule has 2 rings (SSSR count). The number of nitrogens with one attached hydrogen (secondary N) is 3. The van der Waals surface area contributed by atoms with Crippen LogP contribution in [0.3, 0.4) is 0 Å². The molecule has 24 heavy (non-hydrogen) atoms. The molecule has 0 aliphatic rings. The van der Waals surface area contributed by atoms with Crippen LogP contribution in [-0.2, 0) is 4.79 Å². The zero-order valence-electron chi connectivity index (χ0n) is 14.2. The van der Waals surface area contributed by atoms with Gasteiger partial charge in [-0.3, -0.25) is 9.59 Å². The summed E-state index contributed by atoms with van der Waals surface area (Å²) in [5, 5.41) is 8.57. The number of hydrogen-bond acceptors (Lipinski definition) is 5. The van der Waals surface area contributed by atoms with E-state index >= 15 is 0 Å². The Morgan fingerprint density at radius 3 is 2.21 bits per heavy atom. The highest BCUT2D eigenvalue weighted by atomic mass is 16.2. The predicted octanol–water partition coefficient (Wildman–Crippen LogP) is 2.71. The highest BCUT2D eigenvalue weighted by Crippen LogP contribution is 2.16. The zero-order chi connectivity index (χ0) is 17.7. The number of aromatic nitrogens is 2. The normalized spacial score (nSPS) is 10.8. The lowest BCUT2D eigenvalue weighted by atomic mass is 10.1. The molecule has 1 heterocycles. The van der Waals surface area contributed by atoms with E-state index in [1.54, 1.807) is 30.3 Å². The van der Waals surface area contributed by atoms with Crippen LogP contribution >= 0.6 is 0 Å². The molecule has 7 nitrogen and oxygen atoms in total. The molecule has 0 spiro atoms. The average Bonchev–Trinajstić information content (AvgIpc) is 2.47. The third-order valence-electron chi connectivity index (χ3n) is 2.84. The summed E-state index contributed by atoms with van der Waals surface area (Å²) in [6, 6.07) is 8.67. The first-order valence-electron chi connectivity index (χ1n) is 7.53. The van der Waals surface area contributed by atoms with Crippen LogP contribution in [0.5, 0.6) is 0 Å². The second-order valence-electron chi connectivity index (χ2n) is 6.35. The molecule has 2 aromatic rings. The SMILES string of the molecule is CC(=O)Nc1ccc(Nc2nccc(C(=O)NC(C)(C)C)n2)cc1. The van der Waals surface area contributed by atoms with Gasteiger partial charge in [-0.1, -0.05) is 0 Å². The zero-order valence-corrected chi connectivity index (χ0v) is 14.2. The lowest BCUT2D eigenvalue weighted by molar-refractivity contribution is -0.114. The number of amides is 2. The van der Waals surface area contributed by atoms with Crippen molar-refractivity contribution in [1.29, 1.82) is 0 Å². The van der Waals surface area contributed by atoms with Gasteiger partial charge >= 0.3 is 0 Å². The Kier molecular flexibility index (Phi) is 5.13. The fraction of sp³-hybridized carbons (Fsp3) is 0.294. The Morgan fingerprint density at radius 2 is 1.62 bits per heavy atom. The molecule has 0 aliphatic heterocycles. The molecule has 0 bridgehead atoms. The van der Waals surface area contributed by atoms with Crippen LogP contribution in [0.1, 0.15) is 38.2 Å². The largest absolute Gasteiger partial charge is 0.346 e. The van der Waals surface area contributed by atoms with E-state index in [4.69, 9.17) is 0 Å². The third kappa shape index (κ3) is 5.35. The van der Waals surface area contributed by atoms with Gasteiger partial charge in [0, 0.05) is 30.0 Å². The van der Waals surface area contributed by atoms with E-state index in [2.05, 4.69) is 25.9 Å². The predicted molar refractivity (Wildman–Crippen MR) is 93.3 cm³/mol. The number of benzene rings is 1. The standard InChI is InChI=1S/C17H21N5O2/c1-11(23)19-12-5-7-13(8-6-12)20-16-18-10-9-14(21-16)15(24)22-17(2,3)4/h5-10H,1-4H3,(H,19,23)(H,22,24)(H,18,20,21). The molecule has 126 valence electrons. The van der Waals surface area contributed by atoms with Crippen molar-refractivity contribution in [2.24, 2.45) is 0 Å². The van der Waals surface area contributed by atoms with E-state index in [-0.39, 0.29) is 23.0 Å². The fourth-order valence-corrected chi connectivity index (χ4v) is 1.92. The van der Waals surface area contributed by atoms with Crippen molar-refractivity contribution in [2.75, 3.05) is 10.6 Å². The van der Waals surface area contributed by atoms with Gasteiger partial charge in [0.15, 0.2) is 0 Å². The van der Waals surface area contributed by atoms with Crippen molar-refractivity contribution in [3.63, 3.8) is 0 Å². The summed E-state index contributed by atoms with van der Waals surface area (Å²) in [6.45, 7) is 7.17. The van der Waals surface area contributed by atoms with Crippen molar-refractivity contribution < 1.29 is 9.59 Å². The van der Waals surface area contributed by atoms with E-state index in [1.165, 1.54) is 13.1 Å². The molecule has 0 unspecified atom stereocenters. The topological polar surface area (TPSA) is 96.0 Å². The number of carbonyl (C=O) groups is 2. The van der Waals surface area contributed by atoms with Gasteiger partial charge in [0.1, 0.15) is 5.69 Å². The Balaban J connectivity index is 2.09. The molecule has 0 saturated heterocycles. The number of anilines is 3. The molecule has 7 heteroatoms. The number of hydrogen-bond donors (Lipinski definition) is 3. The minimum absolute atomic E-state index is 0.128. The molecule has 3 N–H and O–H groups in total. The van der Waals surface area contributed by atoms with Crippen molar-refractivity contribution in [3.8, 4) is 0 Å². The summed E-state index contributed by atoms with van der Waals surface area (Å²) in [7, 11) is 0. The average molecular weight is 327 g/mol.